The van der Waals surface area contributed by atoms with Crippen molar-refractivity contribution in [2.24, 2.45) is 5.14 Å². The molecule has 7 nitrogen and oxygen atoms in total. The van der Waals surface area contributed by atoms with Crippen molar-refractivity contribution in [1.82, 2.24) is 0 Å². The Morgan fingerprint density at radius 1 is 1.22 bits per heavy atom. The molecule has 0 amide bonds. The third kappa shape index (κ3) is 2.41. The number of primary sulfonamides is 1. The van der Waals surface area contributed by atoms with Gasteiger partial charge >= 0.3 is 0 Å². The lowest BCUT2D eigenvalue weighted by atomic mass is 10.2. The van der Waals surface area contributed by atoms with Crippen LogP contribution in [0.15, 0.2) is 23.1 Å². The molecule has 1 aliphatic rings. The molecule has 100 valence electrons. The van der Waals surface area contributed by atoms with E-state index in [0.29, 0.717) is 5.69 Å². The fourth-order valence-corrected chi connectivity index (χ4v) is 2.78. The summed E-state index contributed by atoms with van der Waals surface area (Å²) in [4.78, 5) is 1.46. The first-order valence-electron chi connectivity index (χ1n) is 5.32. The van der Waals surface area contributed by atoms with Gasteiger partial charge in [0, 0.05) is 18.8 Å². The number of β-amino-alcohol motifs (C(OH)–C–C–N with tert-alkyl or cyclic N) is 2. The maximum absolute atomic E-state index is 11.5. The summed E-state index contributed by atoms with van der Waals surface area (Å²) in [7, 11) is -3.91. The molecular formula is C10H15N3O4S. The molecule has 2 atom stereocenters. The zero-order valence-corrected chi connectivity index (χ0v) is 10.3. The normalized spacial score (nSPS) is 24.5. The van der Waals surface area contributed by atoms with Gasteiger partial charge in [0.1, 0.15) is 4.90 Å². The summed E-state index contributed by atoms with van der Waals surface area (Å²) in [5, 5.41) is 24.1. The highest BCUT2D eigenvalue weighted by Gasteiger charge is 2.32. The number of anilines is 2. The van der Waals surface area contributed by atoms with Gasteiger partial charge < -0.3 is 20.8 Å². The van der Waals surface area contributed by atoms with Gasteiger partial charge in [0.2, 0.25) is 10.0 Å². The molecule has 1 fully saturated rings. The summed E-state index contributed by atoms with van der Waals surface area (Å²) in [5.74, 6) is 0. The van der Waals surface area contributed by atoms with E-state index in [1.165, 1.54) is 12.1 Å². The number of nitrogens with zero attached hydrogens (tertiary/aromatic N) is 1. The third-order valence-corrected chi connectivity index (χ3v) is 3.83. The molecule has 2 unspecified atom stereocenters. The van der Waals surface area contributed by atoms with Crippen LogP contribution in [0, 0.1) is 0 Å². The van der Waals surface area contributed by atoms with E-state index < -0.39 is 22.2 Å². The van der Waals surface area contributed by atoms with Crippen LogP contribution in [0.2, 0.25) is 0 Å². The second kappa shape index (κ2) is 4.39. The largest absolute Gasteiger partial charge is 0.399 e. The Morgan fingerprint density at radius 3 is 2.28 bits per heavy atom. The number of sulfonamides is 1. The molecule has 0 radical (unpaired) electrons. The lowest BCUT2D eigenvalue weighted by Crippen LogP contribution is -2.25. The molecule has 1 aromatic rings. The number of nitrogen functional groups attached to an aromatic ring is 1. The second-order valence-electron chi connectivity index (χ2n) is 4.31. The van der Waals surface area contributed by atoms with Gasteiger partial charge in [-0.15, -0.1) is 0 Å². The molecule has 2 rings (SSSR count). The topological polar surface area (TPSA) is 130 Å². The highest BCUT2D eigenvalue weighted by molar-refractivity contribution is 7.89. The SMILES string of the molecule is Nc1ccc(N2CC(O)C(O)C2)c(S(N)(=O)=O)c1. The minimum Gasteiger partial charge on any atom is -0.399 e. The van der Waals surface area contributed by atoms with E-state index in [1.807, 2.05) is 0 Å². The number of aliphatic hydroxyl groups excluding tert-OH is 2. The summed E-state index contributed by atoms with van der Waals surface area (Å²) in [6, 6.07) is 4.32. The first kappa shape index (κ1) is 13.1. The predicted molar refractivity (Wildman–Crippen MR) is 66.5 cm³/mol. The predicted octanol–water partition coefficient (Wildman–Crippen LogP) is -1.54. The number of hydrogen-bond acceptors (Lipinski definition) is 6. The second-order valence-corrected chi connectivity index (χ2v) is 5.84. The summed E-state index contributed by atoms with van der Waals surface area (Å²) >= 11 is 0. The molecule has 0 aromatic heterocycles. The first-order valence-corrected chi connectivity index (χ1v) is 6.87. The van der Waals surface area contributed by atoms with Crippen LogP contribution in [0.1, 0.15) is 0 Å². The molecule has 1 heterocycles. The summed E-state index contributed by atoms with van der Waals surface area (Å²) in [5.41, 5.74) is 6.16. The first-order chi connectivity index (χ1) is 8.29. The van der Waals surface area contributed by atoms with Crippen molar-refractivity contribution in [3.63, 3.8) is 0 Å². The molecule has 1 saturated heterocycles. The number of aliphatic hydroxyl groups is 2. The Bertz CT molecular complexity index is 550. The highest BCUT2D eigenvalue weighted by Crippen LogP contribution is 2.29. The lowest BCUT2D eigenvalue weighted by Gasteiger charge is -2.20. The van der Waals surface area contributed by atoms with Crippen LogP contribution < -0.4 is 15.8 Å². The molecule has 0 bridgehead atoms. The zero-order valence-electron chi connectivity index (χ0n) is 9.52. The fourth-order valence-electron chi connectivity index (χ4n) is 1.99. The van der Waals surface area contributed by atoms with Gasteiger partial charge in [-0.3, -0.25) is 0 Å². The maximum atomic E-state index is 11.5. The minimum absolute atomic E-state index is 0.108. The number of rotatable bonds is 2. The summed E-state index contributed by atoms with van der Waals surface area (Å²) in [6.45, 7) is 0.293. The molecule has 0 aliphatic carbocycles. The van der Waals surface area contributed by atoms with Crippen LogP contribution in [-0.4, -0.2) is 43.9 Å². The molecule has 1 aliphatic heterocycles. The smallest absolute Gasteiger partial charge is 0.240 e. The Balaban J connectivity index is 2.46. The summed E-state index contributed by atoms with van der Waals surface area (Å²) in [6.07, 6.45) is -1.81. The van der Waals surface area contributed by atoms with E-state index >= 15 is 0 Å². The van der Waals surface area contributed by atoms with E-state index in [0.717, 1.165) is 0 Å². The molecule has 0 saturated carbocycles. The highest BCUT2D eigenvalue weighted by atomic mass is 32.2. The molecule has 1 aromatic carbocycles. The Labute approximate surface area is 105 Å². The van der Waals surface area contributed by atoms with Crippen molar-refractivity contribution in [3.8, 4) is 0 Å². The van der Waals surface area contributed by atoms with E-state index in [-0.39, 0.29) is 23.7 Å². The van der Waals surface area contributed by atoms with Gasteiger partial charge in [0.15, 0.2) is 0 Å². The maximum Gasteiger partial charge on any atom is 0.240 e. The number of nitrogens with two attached hydrogens (primary N) is 2. The molecule has 6 N–H and O–H groups in total. The number of benzene rings is 1. The van der Waals surface area contributed by atoms with Gasteiger partial charge in [-0.05, 0) is 18.2 Å². The fraction of sp³-hybridized carbons (Fsp3) is 0.400. The van der Waals surface area contributed by atoms with Crippen LogP contribution in [0.5, 0.6) is 0 Å². The van der Waals surface area contributed by atoms with Gasteiger partial charge in [0.25, 0.3) is 0 Å². The quantitative estimate of drug-likeness (QED) is 0.483. The van der Waals surface area contributed by atoms with E-state index in [2.05, 4.69) is 0 Å². The molecular weight excluding hydrogens is 258 g/mol. The standard InChI is InChI=1S/C10H15N3O4S/c11-6-1-2-7(10(3-6)18(12,16)17)13-4-8(14)9(15)5-13/h1-3,8-9,14-15H,4-5,11H2,(H2,12,16,17). The Kier molecular flexibility index (Phi) is 3.20. The van der Waals surface area contributed by atoms with Crippen molar-refractivity contribution in [2.75, 3.05) is 23.7 Å². The Hall–Kier alpha value is -1.35. The monoisotopic (exact) mass is 273 g/mol. The van der Waals surface area contributed by atoms with Crippen LogP contribution >= 0.6 is 0 Å². The van der Waals surface area contributed by atoms with Crippen molar-refractivity contribution >= 4 is 21.4 Å². The van der Waals surface area contributed by atoms with Gasteiger partial charge in [-0.2, -0.15) is 0 Å². The van der Waals surface area contributed by atoms with Crippen LogP contribution in [-0.2, 0) is 10.0 Å². The van der Waals surface area contributed by atoms with Crippen LogP contribution in [0.4, 0.5) is 11.4 Å². The third-order valence-electron chi connectivity index (χ3n) is 2.89. The van der Waals surface area contributed by atoms with Gasteiger partial charge in [-0.1, -0.05) is 0 Å². The van der Waals surface area contributed by atoms with Crippen molar-refractivity contribution in [2.45, 2.75) is 17.1 Å². The zero-order chi connectivity index (χ0) is 13.5. The van der Waals surface area contributed by atoms with Gasteiger partial charge in [-0.25, -0.2) is 13.6 Å². The van der Waals surface area contributed by atoms with E-state index in [4.69, 9.17) is 10.9 Å². The van der Waals surface area contributed by atoms with E-state index in [9.17, 15) is 18.6 Å². The van der Waals surface area contributed by atoms with Crippen molar-refractivity contribution in [1.29, 1.82) is 0 Å². The van der Waals surface area contributed by atoms with Crippen molar-refractivity contribution in [3.05, 3.63) is 18.2 Å². The molecule has 18 heavy (non-hydrogen) atoms. The Morgan fingerprint density at radius 2 is 1.78 bits per heavy atom. The average Bonchev–Trinajstić information content (AvgIpc) is 2.57. The minimum atomic E-state index is -3.91. The average molecular weight is 273 g/mol. The van der Waals surface area contributed by atoms with Crippen molar-refractivity contribution < 1.29 is 18.6 Å². The van der Waals surface area contributed by atoms with Crippen LogP contribution in [0.3, 0.4) is 0 Å². The van der Waals surface area contributed by atoms with E-state index in [1.54, 1.807) is 11.0 Å². The summed E-state index contributed by atoms with van der Waals surface area (Å²) < 4.78 is 23.0. The lowest BCUT2D eigenvalue weighted by molar-refractivity contribution is 0.0572. The molecule has 8 heteroatoms. The van der Waals surface area contributed by atoms with Gasteiger partial charge in [0.05, 0.1) is 17.9 Å². The number of hydrogen-bond donors (Lipinski definition) is 4. The molecule has 0 spiro atoms. The van der Waals surface area contributed by atoms with Crippen LogP contribution in [0.25, 0.3) is 0 Å².